The van der Waals surface area contributed by atoms with Gasteiger partial charge < -0.3 is 10.2 Å². The van der Waals surface area contributed by atoms with E-state index >= 15 is 0 Å². The van der Waals surface area contributed by atoms with Crippen molar-refractivity contribution in [2.45, 2.75) is 58.9 Å². The molecular formula is C31H36N2O2. The number of aryl methyl sites for hydroxylation is 2. The van der Waals surface area contributed by atoms with Crippen molar-refractivity contribution < 1.29 is 9.59 Å². The Bertz CT molecular complexity index is 1190. The monoisotopic (exact) mass is 468 g/mol. The first kappa shape index (κ1) is 24.7. The minimum Gasteiger partial charge on any atom is -0.331 e. The van der Waals surface area contributed by atoms with E-state index in [1.165, 1.54) is 5.56 Å². The van der Waals surface area contributed by atoms with Crippen LogP contribution in [0.4, 0.5) is 5.69 Å². The summed E-state index contributed by atoms with van der Waals surface area (Å²) in [5.74, 6) is -0.372. The summed E-state index contributed by atoms with van der Waals surface area (Å²) in [5.41, 5.74) is 5.63. The number of nitrogens with one attached hydrogen (secondary N) is 1. The predicted molar refractivity (Wildman–Crippen MR) is 143 cm³/mol. The van der Waals surface area contributed by atoms with Crippen LogP contribution in [0.1, 0.15) is 72.3 Å². The summed E-state index contributed by atoms with van der Waals surface area (Å²) < 4.78 is 0. The second-order valence-corrected chi connectivity index (χ2v) is 10.7. The summed E-state index contributed by atoms with van der Waals surface area (Å²) in [6.07, 6.45) is 1.53. The van der Waals surface area contributed by atoms with Crippen LogP contribution in [0.3, 0.4) is 0 Å². The number of hydrogen-bond acceptors (Lipinski definition) is 2. The number of carbonyl (C=O) groups excluding carboxylic acids is 2. The Kier molecular flexibility index (Phi) is 7.11. The molecule has 0 aromatic heterocycles. The zero-order valence-electron chi connectivity index (χ0n) is 21.5. The first-order valence-electron chi connectivity index (χ1n) is 12.5. The molecule has 4 heteroatoms. The lowest BCUT2D eigenvalue weighted by atomic mass is 9.83. The van der Waals surface area contributed by atoms with Crippen LogP contribution in [0.5, 0.6) is 0 Å². The fourth-order valence-corrected chi connectivity index (χ4v) is 5.15. The average molecular weight is 469 g/mol. The molecule has 0 radical (unpaired) electrons. The Morgan fingerprint density at radius 1 is 0.886 bits per heavy atom. The lowest BCUT2D eigenvalue weighted by Gasteiger charge is -2.41. The van der Waals surface area contributed by atoms with Crippen molar-refractivity contribution >= 4 is 17.5 Å². The van der Waals surface area contributed by atoms with Crippen LogP contribution >= 0.6 is 0 Å². The third kappa shape index (κ3) is 5.32. The second-order valence-electron chi connectivity index (χ2n) is 10.7. The van der Waals surface area contributed by atoms with Crippen molar-refractivity contribution in [3.05, 3.63) is 101 Å². The number of hydrogen-bond donors (Lipinski definition) is 1. The van der Waals surface area contributed by atoms with Gasteiger partial charge in [0.15, 0.2) is 0 Å². The van der Waals surface area contributed by atoms with Crippen molar-refractivity contribution in [2.24, 2.45) is 5.92 Å². The van der Waals surface area contributed by atoms with Gasteiger partial charge in [0.05, 0.1) is 12.0 Å². The first-order valence-corrected chi connectivity index (χ1v) is 12.5. The van der Waals surface area contributed by atoms with Crippen molar-refractivity contribution in [1.29, 1.82) is 0 Å². The molecule has 2 amide bonds. The summed E-state index contributed by atoms with van der Waals surface area (Å²) in [5, 5.41) is 3.17. The van der Waals surface area contributed by atoms with Gasteiger partial charge in [0.2, 0.25) is 5.91 Å². The summed E-state index contributed by atoms with van der Waals surface area (Å²) >= 11 is 0. The normalized spacial score (nSPS) is 18.3. The Hall–Kier alpha value is -3.40. The smallest absolute Gasteiger partial charge is 0.254 e. The Balaban J connectivity index is 1.68. The van der Waals surface area contributed by atoms with Crippen molar-refractivity contribution in [3.8, 4) is 0 Å². The van der Waals surface area contributed by atoms with Gasteiger partial charge in [-0.2, -0.15) is 0 Å². The number of likely N-dealkylation sites (tertiary alicyclic amines) is 1. The zero-order chi connectivity index (χ0) is 25.2. The molecule has 35 heavy (non-hydrogen) atoms. The molecule has 2 unspecified atom stereocenters. The van der Waals surface area contributed by atoms with Crippen LogP contribution in [-0.2, 0) is 10.2 Å². The molecule has 1 fully saturated rings. The van der Waals surface area contributed by atoms with Gasteiger partial charge >= 0.3 is 0 Å². The number of nitrogens with zero attached hydrogens (tertiary/aromatic N) is 1. The van der Waals surface area contributed by atoms with Crippen LogP contribution in [0, 0.1) is 19.8 Å². The average Bonchev–Trinajstić information content (AvgIpc) is 2.83. The molecule has 3 aromatic rings. The molecule has 182 valence electrons. The number of piperidine rings is 1. The summed E-state index contributed by atoms with van der Waals surface area (Å²) in [6.45, 7) is 11.1. The van der Waals surface area contributed by atoms with Crippen LogP contribution in [0.15, 0.2) is 72.8 Å². The fourth-order valence-electron chi connectivity index (χ4n) is 5.15. The molecule has 2 atom stereocenters. The Morgan fingerprint density at radius 3 is 2.20 bits per heavy atom. The molecule has 0 spiro atoms. The number of carbonyl (C=O) groups is 2. The van der Waals surface area contributed by atoms with E-state index in [-0.39, 0.29) is 29.2 Å². The molecule has 1 aliphatic rings. The molecule has 4 nitrogen and oxygen atoms in total. The van der Waals surface area contributed by atoms with Crippen LogP contribution in [-0.4, -0.2) is 23.3 Å². The SMILES string of the molecule is Cc1cccc(C)c1C(=O)N1CCCC(C(=O)Nc2cccc(C(C)(C)C)c2)C1c1ccccc1. The highest BCUT2D eigenvalue weighted by molar-refractivity contribution is 5.99. The topological polar surface area (TPSA) is 49.4 Å². The molecular weight excluding hydrogens is 432 g/mol. The fraction of sp³-hybridized carbons (Fsp3) is 0.355. The van der Waals surface area contributed by atoms with Crippen LogP contribution in [0.2, 0.25) is 0 Å². The summed E-state index contributed by atoms with van der Waals surface area (Å²) in [6, 6.07) is 23.7. The number of benzene rings is 3. The third-order valence-electron chi connectivity index (χ3n) is 7.06. The quantitative estimate of drug-likeness (QED) is 0.456. The largest absolute Gasteiger partial charge is 0.331 e. The van der Waals surface area contributed by atoms with E-state index in [4.69, 9.17) is 0 Å². The maximum Gasteiger partial charge on any atom is 0.254 e. The molecule has 3 aromatic carbocycles. The van der Waals surface area contributed by atoms with Gasteiger partial charge in [-0.3, -0.25) is 9.59 Å². The van der Waals surface area contributed by atoms with Gasteiger partial charge in [-0.1, -0.05) is 81.4 Å². The molecule has 1 heterocycles. The standard InChI is InChI=1S/C31H36N2O2/c1-21-12-9-13-22(2)27(21)30(35)33-19-11-18-26(28(33)23-14-7-6-8-15-23)29(34)32-25-17-10-16-24(20-25)31(3,4)5/h6-10,12-17,20,26,28H,11,18-19H2,1-5H3,(H,32,34). The lowest BCUT2D eigenvalue weighted by molar-refractivity contribution is -0.123. The highest BCUT2D eigenvalue weighted by Crippen LogP contribution is 2.38. The van der Waals surface area contributed by atoms with Crippen LogP contribution in [0.25, 0.3) is 0 Å². The van der Waals surface area contributed by atoms with Crippen molar-refractivity contribution in [2.75, 3.05) is 11.9 Å². The molecule has 1 aliphatic heterocycles. The molecule has 1 N–H and O–H groups in total. The van der Waals surface area contributed by atoms with E-state index in [0.29, 0.717) is 6.54 Å². The van der Waals surface area contributed by atoms with E-state index in [1.807, 2.05) is 79.4 Å². The van der Waals surface area contributed by atoms with E-state index < -0.39 is 0 Å². The first-order chi connectivity index (χ1) is 16.7. The summed E-state index contributed by atoms with van der Waals surface area (Å²) in [7, 11) is 0. The minimum atomic E-state index is -0.335. The van der Waals surface area contributed by atoms with Crippen molar-refractivity contribution in [3.63, 3.8) is 0 Å². The maximum absolute atomic E-state index is 13.9. The van der Waals surface area contributed by atoms with E-state index in [1.54, 1.807) is 0 Å². The van der Waals surface area contributed by atoms with Gasteiger partial charge in [0.25, 0.3) is 5.91 Å². The third-order valence-corrected chi connectivity index (χ3v) is 7.06. The van der Waals surface area contributed by atoms with E-state index in [9.17, 15) is 9.59 Å². The molecule has 0 saturated carbocycles. The van der Waals surface area contributed by atoms with E-state index in [0.717, 1.165) is 40.8 Å². The Labute approximate surface area is 209 Å². The van der Waals surface area contributed by atoms with Gasteiger partial charge in [0.1, 0.15) is 0 Å². The van der Waals surface area contributed by atoms with Gasteiger partial charge in [0, 0.05) is 17.8 Å². The van der Waals surface area contributed by atoms with Crippen molar-refractivity contribution in [1.82, 2.24) is 4.90 Å². The Morgan fingerprint density at radius 2 is 1.54 bits per heavy atom. The van der Waals surface area contributed by atoms with Crippen LogP contribution < -0.4 is 5.32 Å². The van der Waals surface area contributed by atoms with Gasteiger partial charge in [-0.25, -0.2) is 0 Å². The number of anilines is 1. The van der Waals surface area contributed by atoms with E-state index in [2.05, 4.69) is 38.2 Å². The molecule has 1 saturated heterocycles. The maximum atomic E-state index is 13.9. The number of rotatable bonds is 4. The highest BCUT2D eigenvalue weighted by Gasteiger charge is 2.40. The highest BCUT2D eigenvalue weighted by atomic mass is 16.2. The molecule has 4 rings (SSSR count). The molecule has 0 aliphatic carbocycles. The van der Waals surface area contributed by atoms with Gasteiger partial charge in [-0.15, -0.1) is 0 Å². The molecule has 0 bridgehead atoms. The lowest BCUT2D eigenvalue weighted by Crippen LogP contribution is -2.46. The number of amides is 2. The summed E-state index contributed by atoms with van der Waals surface area (Å²) in [4.78, 5) is 29.5. The minimum absolute atomic E-state index is 0.00156. The zero-order valence-corrected chi connectivity index (χ0v) is 21.5. The predicted octanol–water partition coefficient (Wildman–Crippen LogP) is 6.83. The second kappa shape index (κ2) is 10.1. The van der Waals surface area contributed by atoms with Gasteiger partial charge in [-0.05, 0) is 66.5 Å².